The number of nitrogens with one attached hydrogen (secondary N) is 1. The van der Waals surface area contributed by atoms with Crippen molar-refractivity contribution >= 4 is 0 Å². The molecular formula is C11H23N. The molecule has 0 radical (unpaired) electrons. The van der Waals surface area contributed by atoms with Gasteiger partial charge in [0.2, 0.25) is 0 Å². The van der Waals surface area contributed by atoms with Crippen molar-refractivity contribution in [1.82, 2.24) is 5.32 Å². The van der Waals surface area contributed by atoms with E-state index in [1.54, 1.807) is 0 Å². The van der Waals surface area contributed by atoms with Crippen molar-refractivity contribution < 1.29 is 0 Å². The Morgan fingerprint density at radius 3 is 2.58 bits per heavy atom. The van der Waals surface area contributed by atoms with Gasteiger partial charge in [0.15, 0.2) is 0 Å². The van der Waals surface area contributed by atoms with Gasteiger partial charge >= 0.3 is 0 Å². The Kier molecular flexibility index (Phi) is 4.07. The molecule has 1 aliphatic heterocycles. The summed E-state index contributed by atoms with van der Waals surface area (Å²) in [5.41, 5.74) is 0. The third-order valence-corrected chi connectivity index (χ3v) is 2.72. The van der Waals surface area contributed by atoms with Gasteiger partial charge in [-0.3, -0.25) is 0 Å². The second-order valence-electron chi connectivity index (χ2n) is 4.76. The van der Waals surface area contributed by atoms with Crippen molar-refractivity contribution in [2.45, 2.75) is 52.5 Å². The zero-order valence-electron chi connectivity index (χ0n) is 8.77. The zero-order valence-corrected chi connectivity index (χ0v) is 8.77. The van der Waals surface area contributed by atoms with Gasteiger partial charge in [-0.15, -0.1) is 0 Å². The van der Waals surface area contributed by atoms with Crippen molar-refractivity contribution in [2.75, 3.05) is 6.54 Å². The van der Waals surface area contributed by atoms with E-state index in [0.29, 0.717) is 0 Å². The fourth-order valence-corrected chi connectivity index (χ4v) is 2.34. The molecule has 1 heterocycles. The molecule has 0 aliphatic carbocycles. The van der Waals surface area contributed by atoms with Gasteiger partial charge in [-0.05, 0) is 44.1 Å². The first kappa shape index (κ1) is 10.0. The van der Waals surface area contributed by atoms with Crippen LogP contribution in [0, 0.1) is 11.8 Å². The van der Waals surface area contributed by atoms with Crippen molar-refractivity contribution in [3.05, 3.63) is 0 Å². The second-order valence-corrected chi connectivity index (χ2v) is 4.76. The summed E-state index contributed by atoms with van der Waals surface area (Å²) in [6.07, 6.45) is 5.57. The molecule has 1 saturated heterocycles. The molecular weight excluding hydrogens is 146 g/mol. The van der Waals surface area contributed by atoms with Crippen molar-refractivity contribution in [3.8, 4) is 0 Å². The van der Waals surface area contributed by atoms with Gasteiger partial charge in [-0.1, -0.05) is 20.8 Å². The van der Waals surface area contributed by atoms with Crippen LogP contribution >= 0.6 is 0 Å². The quantitative estimate of drug-likeness (QED) is 0.682. The fraction of sp³-hybridized carbons (Fsp3) is 1.00. The van der Waals surface area contributed by atoms with E-state index in [1.165, 1.54) is 32.2 Å². The van der Waals surface area contributed by atoms with E-state index in [-0.39, 0.29) is 0 Å². The van der Waals surface area contributed by atoms with Crippen LogP contribution in [0.25, 0.3) is 0 Å². The van der Waals surface area contributed by atoms with Crippen LogP contribution in [-0.4, -0.2) is 12.6 Å². The normalized spacial score (nSPS) is 26.5. The maximum atomic E-state index is 3.56. The summed E-state index contributed by atoms with van der Waals surface area (Å²) in [6.45, 7) is 8.27. The first-order valence-corrected chi connectivity index (χ1v) is 5.42. The second kappa shape index (κ2) is 4.86. The van der Waals surface area contributed by atoms with E-state index in [0.717, 1.165) is 17.9 Å². The molecule has 2 unspecified atom stereocenters. The first-order valence-electron chi connectivity index (χ1n) is 5.42. The van der Waals surface area contributed by atoms with Gasteiger partial charge < -0.3 is 5.32 Å². The Labute approximate surface area is 76.9 Å². The highest BCUT2D eigenvalue weighted by molar-refractivity contribution is 4.76. The molecule has 0 saturated carbocycles. The lowest BCUT2D eigenvalue weighted by Gasteiger charge is -2.18. The van der Waals surface area contributed by atoms with Gasteiger partial charge in [-0.25, -0.2) is 0 Å². The summed E-state index contributed by atoms with van der Waals surface area (Å²) in [7, 11) is 0. The smallest absolute Gasteiger partial charge is 0.00700 e. The molecule has 0 aromatic rings. The average Bonchev–Trinajstić information content (AvgIpc) is 2.37. The molecule has 0 amide bonds. The van der Waals surface area contributed by atoms with Crippen molar-refractivity contribution in [1.29, 1.82) is 0 Å². The number of hydrogen-bond acceptors (Lipinski definition) is 1. The molecule has 1 fully saturated rings. The molecule has 1 rings (SSSR count). The van der Waals surface area contributed by atoms with Crippen LogP contribution in [0.5, 0.6) is 0 Å². The minimum absolute atomic E-state index is 0.832. The van der Waals surface area contributed by atoms with Crippen LogP contribution in [0.2, 0.25) is 0 Å². The Morgan fingerprint density at radius 2 is 2.08 bits per heavy atom. The van der Waals surface area contributed by atoms with E-state index in [2.05, 4.69) is 26.1 Å². The number of hydrogen-bond donors (Lipinski definition) is 1. The number of rotatable bonds is 4. The van der Waals surface area contributed by atoms with Gasteiger partial charge in [0.25, 0.3) is 0 Å². The minimum atomic E-state index is 0.832. The van der Waals surface area contributed by atoms with Crippen LogP contribution in [0.1, 0.15) is 46.5 Å². The summed E-state index contributed by atoms with van der Waals surface area (Å²) >= 11 is 0. The largest absolute Gasteiger partial charge is 0.314 e. The van der Waals surface area contributed by atoms with Crippen LogP contribution in [0.15, 0.2) is 0 Å². The molecule has 2 atom stereocenters. The van der Waals surface area contributed by atoms with Gasteiger partial charge in [-0.2, -0.15) is 0 Å². The maximum Gasteiger partial charge on any atom is 0.00700 e. The summed E-state index contributed by atoms with van der Waals surface area (Å²) in [4.78, 5) is 0. The predicted octanol–water partition coefficient (Wildman–Crippen LogP) is 2.81. The van der Waals surface area contributed by atoms with Gasteiger partial charge in [0.05, 0.1) is 0 Å². The lowest BCUT2D eigenvalue weighted by molar-refractivity contribution is 0.370. The van der Waals surface area contributed by atoms with Gasteiger partial charge in [0, 0.05) is 6.04 Å². The Morgan fingerprint density at radius 1 is 1.33 bits per heavy atom. The third-order valence-electron chi connectivity index (χ3n) is 2.72. The third kappa shape index (κ3) is 3.57. The highest BCUT2D eigenvalue weighted by atomic mass is 14.9. The first-order chi connectivity index (χ1) is 5.68. The molecule has 0 bridgehead atoms. The molecule has 1 nitrogen and oxygen atoms in total. The van der Waals surface area contributed by atoms with Crippen molar-refractivity contribution in [3.63, 3.8) is 0 Å². The zero-order chi connectivity index (χ0) is 8.97. The molecule has 0 aromatic carbocycles. The monoisotopic (exact) mass is 169 g/mol. The van der Waals surface area contributed by atoms with Crippen LogP contribution in [0.4, 0.5) is 0 Å². The summed E-state index contributed by atoms with van der Waals surface area (Å²) in [6, 6.07) is 0.832. The maximum absolute atomic E-state index is 3.56. The van der Waals surface area contributed by atoms with Crippen LogP contribution in [-0.2, 0) is 0 Å². The molecule has 72 valence electrons. The molecule has 0 spiro atoms. The molecule has 12 heavy (non-hydrogen) atoms. The predicted molar refractivity (Wildman–Crippen MR) is 54.3 cm³/mol. The SMILES string of the molecule is CC(C)CC(C)CC1CCCN1. The molecule has 0 aromatic heterocycles. The van der Waals surface area contributed by atoms with Crippen LogP contribution < -0.4 is 5.32 Å². The van der Waals surface area contributed by atoms with E-state index in [4.69, 9.17) is 0 Å². The lowest BCUT2D eigenvalue weighted by atomic mass is 9.92. The van der Waals surface area contributed by atoms with Crippen LogP contribution in [0.3, 0.4) is 0 Å². The summed E-state index contributed by atoms with van der Waals surface area (Å²) in [5, 5.41) is 3.56. The Balaban J connectivity index is 2.11. The highest BCUT2D eigenvalue weighted by Gasteiger charge is 2.17. The molecule has 1 heteroatoms. The topological polar surface area (TPSA) is 12.0 Å². The van der Waals surface area contributed by atoms with E-state index < -0.39 is 0 Å². The van der Waals surface area contributed by atoms with E-state index in [1.807, 2.05) is 0 Å². The van der Waals surface area contributed by atoms with Gasteiger partial charge in [0.1, 0.15) is 0 Å². The molecule has 1 aliphatic rings. The summed E-state index contributed by atoms with van der Waals surface area (Å²) < 4.78 is 0. The average molecular weight is 169 g/mol. The summed E-state index contributed by atoms with van der Waals surface area (Å²) in [5.74, 6) is 1.77. The fourth-order valence-electron chi connectivity index (χ4n) is 2.34. The lowest BCUT2D eigenvalue weighted by Crippen LogP contribution is -2.24. The van der Waals surface area contributed by atoms with Crippen molar-refractivity contribution in [2.24, 2.45) is 11.8 Å². The highest BCUT2D eigenvalue weighted by Crippen LogP contribution is 2.20. The van der Waals surface area contributed by atoms with E-state index >= 15 is 0 Å². The minimum Gasteiger partial charge on any atom is -0.314 e. The standard InChI is InChI=1S/C11H23N/c1-9(2)7-10(3)8-11-5-4-6-12-11/h9-12H,4-8H2,1-3H3. The Bertz CT molecular complexity index is 114. The van der Waals surface area contributed by atoms with E-state index in [9.17, 15) is 0 Å². The Hall–Kier alpha value is -0.0400. The molecule has 1 N–H and O–H groups in total.